The molecule has 8 heteroatoms. The third-order valence-electron chi connectivity index (χ3n) is 3.84. The van der Waals surface area contributed by atoms with Crippen LogP contribution in [-0.4, -0.2) is 23.0 Å². The lowest BCUT2D eigenvalue weighted by molar-refractivity contribution is 0.0946. The molecule has 2 aromatic carbocycles. The molecular weight excluding hydrogens is 371 g/mol. The van der Waals surface area contributed by atoms with Gasteiger partial charge in [-0.25, -0.2) is 14.4 Å². The first kappa shape index (κ1) is 18.6. The number of amides is 1. The molecule has 138 valence electrons. The van der Waals surface area contributed by atoms with E-state index in [4.69, 9.17) is 22.1 Å². The lowest BCUT2D eigenvalue weighted by Gasteiger charge is -2.11. The van der Waals surface area contributed by atoms with Crippen molar-refractivity contribution < 1.29 is 13.9 Å². The molecule has 0 aliphatic heterocycles. The van der Waals surface area contributed by atoms with Gasteiger partial charge < -0.3 is 15.8 Å². The largest absolute Gasteiger partial charge is 0.496 e. The molecule has 1 heterocycles. The average molecular weight is 387 g/mol. The molecule has 0 saturated heterocycles. The summed E-state index contributed by atoms with van der Waals surface area (Å²) in [5.41, 5.74) is 7.43. The molecule has 0 saturated carbocycles. The molecule has 0 fully saturated rings. The summed E-state index contributed by atoms with van der Waals surface area (Å²) in [6, 6.07) is 12.9. The van der Waals surface area contributed by atoms with Crippen molar-refractivity contribution in [1.82, 2.24) is 15.3 Å². The maximum absolute atomic E-state index is 13.1. The van der Waals surface area contributed by atoms with Crippen molar-refractivity contribution in [3.63, 3.8) is 0 Å². The standard InChI is InChI=1S/C19H16ClFN4O2/c1-27-14-5-3-2-4-12(14)10-23-19(26)16-18(22)25-15(17(20)24-16)11-6-8-13(21)9-7-11/h2-9H,10H2,1H3,(H2,22,25)(H,23,26). The van der Waals surface area contributed by atoms with Crippen LogP contribution in [0.2, 0.25) is 5.15 Å². The molecule has 0 atom stereocenters. The minimum absolute atomic E-state index is 0.00162. The number of hydrogen-bond acceptors (Lipinski definition) is 5. The van der Waals surface area contributed by atoms with Crippen LogP contribution < -0.4 is 15.8 Å². The highest BCUT2D eigenvalue weighted by Crippen LogP contribution is 2.26. The van der Waals surface area contributed by atoms with Crippen LogP contribution in [-0.2, 0) is 6.54 Å². The number of aromatic nitrogens is 2. The van der Waals surface area contributed by atoms with Gasteiger partial charge in [-0.1, -0.05) is 29.8 Å². The number of anilines is 1. The fourth-order valence-electron chi connectivity index (χ4n) is 2.49. The highest BCUT2D eigenvalue weighted by molar-refractivity contribution is 6.32. The van der Waals surface area contributed by atoms with Crippen molar-refractivity contribution in [2.24, 2.45) is 0 Å². The zero-order chi connectivity index (χ0) is 19.4. The van der Waals surface area contributed by atoms with Gasteiger partial charge in [0.05, 0.1) is 7.11 Å². The second-order valence-corrected chi connectivity index (χ2v) is 5.96. The van der Waals surface area contributed by atoms with E-state index < -0.39 is 5.91 Å². The van der Waals surface area contributed by atoms with E-state index in [0.29, 0.717) is 11.3 Å². The van der Waals surface area contributed by atoms with Crippen molar-refractivity contribution >= 4 is 23.3 Å². The number of nitrogen functional groups attached to an aromatic ring is 1. The Bertz CT molecular complexity index is 980. The second kappa shape index (κ2) is 8.01. The van der Waals surface area contributed by atoms with E-state index in [2.05, 4.69) is 15.3 Å². The lowest BCUT2D eigenvalue weighted by atomic mass is 10.1. The third-order valence-corrected chi connectivity index (χ3v) is 4.11. The molecule has 0 radical (unpaired) electrons. The van der Waals surface area contributed by atoms with Crippen LogP contribution in [0.15, 0.2) is 48.5 Å². The van der Waals surface area contributed by atoms with E-state index in [1.54, 1.807) is 13.2 Å². The minimum atomic E-state index is -0.515. The molecule has 0 aliphatic carbocycles. The highest BCUT2D eigenvalue weighted by Gasteiger charge is 2.18. The molecule has 3 aromatic rings. The van der Waals surface area contributed by atoms with Gasteiger partial charge in [0.15, 0.2) is 16.7 Å². The zero-order valence-corrected chi connectivity index (χ0v) is 15.1. The van der Waals surface area contributed by atoms with Crippen LogP contribution in [0.3, 0.4) is 0 Å². The van der Waals surface area contributed by atoms with Gasteiger partial charge in [-0.2, -0.15) is 0 Å². The van der Waals surface area contributed by atoms with Gasteiger partial charge in [-0.05, 0) is 30.3 Å². The van der Waals surface area contributed by atoms with E-state index in [1.807, 2.05) is 18.2 Å². The van der Waals surface area contributed by atoms with Gasteiger partial charge in [-0.15, -0.1) is 0 Å². The summed E-state index contributed by atoms with van der Waals surface area (Å²) >= 11 is 6.16. The number of ether oxygens (including phenoxy) is 1. The Balaban J connectivity index is 1.81. The number of nitrogens with one attached hydrogen (secondary N) is 1. The van der Waals surface area contributed by atoms with Gasteiger partial charge in [0, 0.05) is 17.7 Å². The molecular formula is C19H16ClFN4O2. The smallest absolute Gasteiger partial charge is 0.274 e. The summed E-state index contributed by atoms with van der Waals surface area (Å²) in [6.07, 6.45) is 0. The SMILES string of the molecule is COc1ccccc1CNC(=O)c1nc(Cl)c(-c2ccc(F)cc2)nc1N. The van der Waals surface area contributed by atoms with Crippen LogP contribution >= 0.6 is 11.6 Å². The summed E-state index contributed by atoms with van der Waals surface area (Å²) in [6.45, 7) is 0.224. The lowest BCUT2D eigenvalue weighted by Crippen LogP contribution is -2.25. The van der Waals surface area contributed by atoms with Gasteiger partial charge in [-0.3, -0.25) is 4.79 Å². The number of carbonyl (C=O) groups is 1. The highest BCUT2D eigenvalue weighted by atomic mass is 35.5. The summed E-state index contributed by atoms with van der Waals surface area (Å²) < 4.78 is 18.3. The van der Waals surface area contributed by atoms with Gasteiger partial charge in [0.25, 0.3) is 5.91 Å². The normalized spacial score (nSPS) is 10.5. The van der Waals surface area contributed by atoms with Crippen LogP contribution in [0.1, 0.15) is 16.1 Å². The Morgan fingerprint density at radius 1 is 1.19 bits per heavy atom. The number of nitrogens with zero attached hydrogens (tertiary/aromatic N) is 2. The first-order valence-electron chi connectivity index (χ1n) is 7.98. The Morgan fingerprint density at radius 3 is 2.59 bits per heavy atom. The number of carbonyl (C=O) groups excluding carboxylic acids is 1. The number of methoxy groups -OCH3 is 1. The van der Waals surface area contributed by atoms with Gasteiger partial charge in [0.2, 0.25) is 0 Å². The maximum Gasteiger partial charge on any atom is 0.274 e. The van der Waals surface area contributed by atoms with E-state index in [-0.39, 0.29) is 34.7 Å². The fourth-order valence-corrected chi connectivity index (χ4v) is 2.73. The molecule has 6 nitrogen and oxygen atoms in total. The van der Waals surface area contributed by atoms with E-state index in [1.165, 1.54) is 24.3 Å². The molecule has 1 aromatic heterocycles. The number of halogens is 2. The van der Waals surface area contributed by atoms with Crippen molar-refractivity contribution in [3.8, 4) is 17.0 Å². The zero-order valence-electron chi connectivity index (χ0n) is 14.4. The molecule has 1 amide bonds. The van der Waals surface area contributed by atoms with Crippen molar-refractivity contribution in [1.29, 1.82) is 0 Å². The Labute approximate surface area is 160 Å². The molecule has 3 N–H and O–H groups in total. The quantitative estimate of drug-likeness (QED) is 0.700. The van der Waals surface area contributed by atoms with E-state index in [0.717, 1.165) is 5.56 Å². The van der Waals surface area contributed by atoms with Crippen LogP contribution in [0.5, 0.6) is 5.75 Å². The Kier molecular flexibility index (Phi) is 5.52. The Hall–Kier alpha value is -3.19. The first-order valence-corrected chi connectivity index (χ1v) is 8.36. The first-order chi connectivity index (χ1) is 13.0. The molecule has 0 bridgehead atoms. The van der Waals surface area contributed by atoms with Crippen LogP contribution in [0.4, 0.5) is 10.2 Å². The number of benzene rings is 2. The monoisotopic (exact) mass is 386 g/mol. The predicted octanol–water partition coefficient (Wildman–Crippen LogP) is 3.46. The summed E-state index contributed by atoms with van der Waals surface area (Å²) in [5, 5.41) is 2.71. The van der Waals surface area contributed by atoms with Crippen LogP contribution in [0, 0.1) is 5.82 Å². The number of para-hydroxylation sites is 1. The molecule has 3 rings (SSSR count). The predicted molar refractivity (Wildman–Crippen MR) is 101 cm³/mol. The van der Waals surface area contributed by atoms with Crippen molar-refractivity contribution in [2.75, 3.05) is 12.8 Å². The maximum atomic E-state index is 13.1. The number of nitrogens with two attached hydrogens (primary N) is 1. The van der Waals surface area contributed by atoms with E-state index >= 15 is 0 Å². The molecule has 0 unspecified atom stereocenters. The van der Waals surface area contributed by atoms with Crippen LogP contribution in [0.25, 0.3) is 11.3 Å². The molecule has 0 spiro atoms. The summed E-state index contributed by atoms with van der Waals surface area (Å²) in [4.78, 5) is 20.7. The summed E-state index contributed by atoms with van der Waals surface area (Å²) in [7, 11) is 1.55. The Morgan fingerprint density at radius 2 is 1.89 bits per heavy atom. The number of rotatable bonds is 5. The third kappa shape index (κ3) is 4.15. The molecule has 27 heavy (non-hydrogen) atoms. The van der Waals surface area contributed by atoms with Crippen molar-refractivity contribution in [3.05, 3.63) is 70.8 Å². The fraction of sp³-hybridized carbons (Fsp3) is 0.105. The van der Waals surface area contributed by atoms with Crippen molar-refractivity contribution in [2.45, 2.75) is 6.54 Å². The number of hydrogen-bond donors (Lipinski definition) is 2. The molecule has 0 aliphatic rings. The van der Waals surface area contributed by atoms with Gasteiger partial charge in [0.1, 0.15) is 17.3 Å². The second-order valence-electron chi connectivity index (χ2n) is 5.60. The average Bonchev–Trinajstić information content (AvgIpc) is 2.68. The summed E-state index contributed by atoms with van der Waals surface area (Å²) in [5.74, 6) is -0.320. The topological polar surface area (TPSA) is 90.1 Å². The van der Waals surface area contributed by atoms with E-state index in [9.17, 15) is 9.18 Å². The van der Waals surface area contributed by atoms with Gasteiger partial charge >= 0.3 is 0 Å². The minimum Gasteiger partial charge on any atom is -0.496 e.